The van der Waals surface area contributed by atoms with Crippen LogP contribution in [-0.4, -0.2) is 17.9 Å². The molecule has 0 saturated heterocycles. The zero-order chi connectivity index (χ0) is 12.3. The van der Waals surface area contributed by atoms with Crippen LogP contribution in [-0.2, 0) is 4.79 Å². The quantitative estimate of drug-likeness (QED) is 0.664. The van der Waals surface area contributed by atoms with Crippen molar-refractivity contribution in [3.05, 3.63) is 40.9 Å². The molecule has 1 N–H and O–H groups in total. The second kappa shape index (κ2) is 4.93. The van der Waals surface area contributed by atoms with Gasteiger partial charge in [-0.15, -0.1) is 0 Å². The Morgan fingerprint density at radius 1 is 1.35 bits per heavy atom. The number of ether oxygens (including phenoxy) is 2. The van der Waals surface area contributed by atoms with Crippen molar-refractivity contribution in [2.75, 3.05) is 6.79 Å². The smallest absolute Gasteiger partial charge is 0.347 e. The first-order valence-corrected chi connectivity index (χ1v) is 5.21. The molecule has 0 spiro atoms. The van der Waals surface area contributed by atoms with Crippen molar-refractivity contribution < 1.29 is 19.4 Å². The van der Waals surface area contributed by atoms with E-state index in [0.29, 0.717) is 11.5 Å². The number of halogens is 1. The average Bonchev–Trinajstić information content (AvgIpc) is 2.75. The highest BCUT2D eigenvalue weighted by Gasteiger charge is 2.11. The van der Waals surface area contributed by atoms with Crippen LogP contribution in [0.1, 0.15) is 5.56 Å². The SMILES string of the molecule is O=C(O)C(Cl)=CC=Cc1ccc2c(c1)OCO2. The maximum Gasteiger partial charge on any atom is 0.347 e. The van der Waals surface area contributed by atoms with Crippen LogP contribution in [0.15, 0.2) is 35.4 Å². The van der Waals surface area contributed by atoms with Crippen LogP contribution in [0.2, 0.25) is 0 Å². The summed E-state index contributed by atoms with van der Waals surface area (Å²) in [4.78, 5) is 10.4. The number of hydrogen-bond acceptors (Lipinski definition) is 3. The highest BCUT2D eigenvalue weighted by Crippen LogP contribution is 2.32. The Morgan fingerprint density at radius 2 is 2.12 bits per heavy atom. The van der Waals surface area contributed by atoms with Crippen molar-refractivity contribution in [1.29, 1.82) is 0 Å². The van der Waals surface area contributed by atoms with Gasteiger partial charge in [-0.3, -0.25) is 0 Å². The summed E-state index contributed by atoms with van der Waals surface area (Å²) in [6.45, 7) is 0.229. The molecule has 1 heterocycles. The van der Waals surface area contributed by atoms with Crippen molar-refractivity contribution in [3.8, 4) is 11.5 Å². The molecule has 2 rings (SSSR count). The van der Waals surface area contributed by atoms with Gasteiger partial charge in [0.05, 0.1) is 0 Å². The third-order valence-electron chi connectivity index (χ3n) is 2.13. The van der Waals surface area contributed by atoms with Crippen LogP contribution in [0.25, 0.3) is 6.08 Å². The van der Waals surface area contributed by atoms with Gasteiger partial charge in [-0.2, -0.15) is 0 Å². The lowest BCUT2D eigenvalue weighted by Crippen LogP contribution is -1.92. The molecule has 0 radical (unpaired) electrons. The van der Waals surface area contributed by atoms with Crippen molar-refractivity contribution in [3.63, 3.8) is 0 Å². The summed E-state index contributed by atoms with van der Waals surface area (Å²) in [5.41, 5.74) is 0.875. The first-order chi connectivity index (χ1) is 8.16. The van der Waals surface area contributed by atoms with Gasteiger partial charge < -0.3 is 14.6 Å². The van der Waals surface area contributed by atoms with Gasteiger partial charge >= 0.3 is 5.97 Å². The Hall–Kier alpha value is -1.94. The van der Waals surface area contributed by atoms with E-state index in [9.17, 15) is 4.79 Å². The highest BCUT2D eigenvalue weighted by molar-refractivity contribution is 6.41. The third-order valence-corrected chi connectivity index (χ3v) is 2.42. The number of rotatable bonds is 3. The number of benzene rings is 1. The van der Waals surface area contributed by atoms with Gasteiger partial charge in [0.25, 0.3) is 0 Å². The van der Waals surface area contributed by atoms with Gasteiger partial charge in [0.1, 0.15) is 5.03 Å². The lowest BCUT2D eigenvalue weighted by atomic mass is 10.2. The van der Waals surface area contributed by atoms with Gasteiger partial charge in [0.15, 0.2) is 11.5 Å². The van der Waals surface area contributed by atoms with Crippen LogP contribution in [0, 0.1) is 0 Å². The third kappa shape index (κ3) is 2.79. The van der Waals surface area contributed by atoms with E-state index in [1.54, 1.807) is 24.3 Å². The van der Waals surface area contributed by atoms with Gasteiger partial charge in [0, 0.05) is 0 Å². The maximum atomic E-state index is 10.4. The van der Waals surface area contributed by atoms with Gasteiger partial charge in [0.2, 0.25) is 6.79 Å². The average molecular weight is 253 g/mol. The van der Waals surface area contributed by atoms with E-state index in [0.717, 1.165) is 5.56 Å². The van der Waals surface area contributed by atoms with E-state index in [1.165, 1.54) is 6.08 Å². The monoisotopic (exact) mass is 252 g/mol. The predicted molar refractivity (Wildman–Crippen MR) is 63.2 cm³/mol. The minimum atomic E-state index is -1.15. The number of hydrogen-bond donors (Lipinski definition) is 1. The Labute approximate surface area is 103 Å². The van der Waals surface area contributed by atoms with E-state index < -0.39 is 5.97 Å². The number of carboxylic acids is 1. The zero-order valence-electron chi connectivity index (χ0n) is 8.72. The normalized spacial score (nSPS) is 14.3. The zero-order valence-corrected chi connectivity index (χ0v) is 9.48. The number of carboxylic acid groups (broad SMARTS) is 1. The fourth-order valence-corrected chi connectivity index (χ4v) is 1.40. The molecule has 0 bridgehead atoms. The largest absolute Gasteiger partial charge is 0.477 e. The molecule has 0 amide bonds. The summed E-state index contributed by atoms with van der Waals surface area (Å²) in [5.74, 6) is 0.240. The predicted octanol–water partition coefficient (Wildman–Crippen LogP) is 2.64. The van der Waals surface area contributed by atoms with Crippen LogP contribution in [0.5, 0.6) is 11.5 Å². The van der Waals surface area contributed by atoms with Crippen LogP contribution >= 0.6 is 11.6 Å². The van der Waals surface area contributed by atoms with Gasteiger partial charge in [-0.1, -0.05) is 29.8 Å². The molecular weight excluding hydrogens is 244 g/mol. The maximum absolute atomic E-state index is 10.4. The Kier molecular flexibility index (Phi) is 3.35. The molecule has 88 valence electrons. The molecule has 0 aliphatic carbocycles. The number of allylic oxidation sites excluding steroid dienone is 2. The van der Waals surface area contributed by atoms with Gasteiger partial charge in [-0.05, 0) is 23.8 Å². The second-order valence-electron chi connectivity index (χ2n) is 3.29. The Balaban J connectivity index is 2.12. The molecule has 4 nitrogen and oxygen atoms in total. The molecule has 0 unspecified atom stereocenters. The van der Waals surface area contributed by atoms with Crippen molar-refractivity contribution in [2.24, 2.45) is 0 Å². The molecule has 17 heavy (non-hydrogen) atoms. The lowest BCUT2D eigenvalue weighted by Gasteiger charge is -1.96. The van der Waals surface area contributed by atoms with Gasteiger partial charge in [-0.25, -0.2) is 4.79 Å². The van der Waals surface area contributed by atoms with Crippen LogP contribution in [0.3, 0.4) is 0 Å². The topological polar surface area (TPSA) is 55.8 Å². The molecule has 0 fully saturated rings. The molecule has 1 aromatic rings. The van der Waals surface area contributed by atoms with Crippen LogP contribution < -0.4 is 9.47 Å². The number of fused-ring (bicyclic) bond motifs is 1. The van der Waals surface area contributed by atoms with E-state index >= 15 is 0 Å². The molecule has 0 saturated carbocycles. The van der Waals surface area contributed by atoms with Crippen molar-refractivity contribution in [2.45, 2.75) is 0 Å². The Bertz CT molecular complexity index is 505. The minimum absolute atomic E-state index is 0.229. The molecule has 1 aliphatic heterocycles. The lowest BCUT2D eigenvalue weighted by molar-refractivity contribution is -0.131. The molecule has 0 atom stereocenters. The van der Waals surface area contributed by atoms with Crippen molar-refractivity contribution >= 4 is 23.6 Å². The molecule has 1 aliphatic rings. The van der Waals surface area contributed by atoms with Crippen LogP contribution in [0.4, 0.5) is 0 Å². The van der Waals surface area contributed by atoms with Crippen molar-refractivity contribution in [1.82, 2.24) is 0 Å². The number of carbonyl (C=O) groups is 1. The number of aliphatic carboxylic acids is 1. The summed E-state index contributed by atoms with van der Waals surface area (Å²) < 4.78 is 10.4. The van der Waals surface area contributed by atoms with E-state index in [4.69, 9.17) is 26.2 Å². The highest BCUT2D eigenvalue weighted by atomic mass is 35.5. The first-order valence-electron chi connectivity index (χ1n) is 4.83. The fraction of sp³-hybridized carbons (Fsp3) is 0.0833. The van der Waals surface area contributed by atoms with E-state index in [1.807, 2.05) is 6.07 Å². The molecule has 5 heteroatoms. The summed E-state index contributed by atoms with van der Waals surface area (Å²) >= 11 is 5.44. The standard InChI is InChI=1S/C12H9ClO4/c13-9(12(14)15)3-1-2-8-4-5-10-11(6-8)17-7-16-10/h1-6H,7H2,(H,14,15). The van der Waals surface area contributed by atoms with E-state index in [-0.39, 0.29) is 11.8 Å². The summed E-state index contributed by atoms with van der Waals surface area (Å²) in [5, 5.41) is 8.30. The fourth-order valence-electron chi connectivity index (χ4n) is 1.33. The Morgan fingerprint density at radius 3 is 2.88 bits per heavy atom. The molecular formula is C12H9ClO4. The summed E-state index contributed by atoms with van der Waals surface area (Å²) in [7, 11) is 0. The van der Waals surface area contributed by atoms with E-state index in [2.05, 4.69) is 0 Å². The second-order valence-corrected chi connectivity index (χ2v) is 3.70. The summed E-state index contributed by atoms with van der Waals surface area (Å²) in [6.07, 6.45) is 4.61. The summed E-state index contributed by atoms with van der Waals surface area (Å²) in [6, 6.07) is 5.44. The molecule has 0 aromatic heterocycles. The minimum Gasteiger partial charge on any atom is -0.477 e. The first kappa shape index (κ1) is 11.5. The molecule has 1 aromatic carbocycles.